The van der Waals surface area contributed by atoms with Gasteiger partial charge >= 0.3 is 35.8 Å². The van der Waals surface area contributed by atoms with E-state index in [1.807, 2.05) is 0 Å². The number of carbonyl (C=O) groups is 6. The fourth-order valence-corrected chi connectivity index (χ4v) is 1.43. The van der Waals surface area contributed by atoms with Crippen LogP contribution < -0.4 is 6.15 Å². The predicted molar refractivity (Wildman–Crippen MR) is 79.2 cm³/mol. The van der Waals surface area contributed by atoms with E-state index in [-0.39, 0.29) is 40.3 Å². The zero-order valence-corrected chi connectivity index (χ0v) is 16.5. The third kappa shape index (κ3) is 16.4. The Morgan fingerprint density at radius 1 is 0.483 bits per heavy atom. The van der Waals surface area contributed by atoms with E-state index >= 15 is 0 Å². The first kappa shape index (κ1) is 37.5. The van der Waals surface area contributed by atoms with Crippen LogP contribution in [0, 0.1) is 0 Å². The molecule has 0 aliphatic carbocycles. The minimum atomic E-state index is -2.74. The van der Waals surface area contributed by atoms with E-state index < -0.39 is 72.7 Å². The van der Waals surface area contributed by atoms with Gasteiger partial charge in [-0.15, -0.1) is 0 Å². The van der Waals surface area contributed by atoms with E-state index in [2.05, 4.69) is 0 Å². The third-order valence-electron chi connectivity index (χ3n) is 2.57. The van der Waals surface area contributed by atoms with E-state index in [0.717, 1.165) is 0 Å². The number of rotatable bonds is 10. The molecule has 0 radical (unpaired) electrons. The van der Waals surface area contributed by atoms with E-state index in [1.165, 1.54) is 0 Å². The van der Waals surface area contributed by atoms with Gasteiger partial charge in [0.15, 0.2) is 11.2 Å². The number of carboxylic acid groups (broad SMARTS) is 6. The summed E-state index contributed by atoms with van der Waals surface area (Å²) in [5, 5.41) is 67.6. The quantitative estimate of drug-likeness (QED) is 0.138. The van der Waals surface area contributed by atoms with Gasteiger partial charge in [-0.3, -0.25) is 19.2 Å². The standard InChI is InChI=1S/2C6H8O7.2Fe.H3N/c2*7-3(8)1-6(13,5(11)12)2-4(9)10;;;/h2*13H,1-2H2,(H,7,8)(H,9,10)(H,11,12);;;1H3. The zero-order valence-electron chi connectivity index (χ0n) is 14.3. The summed E-state index contributed by atoms with van der Waals surface area (Å²) < 4.78 is 0. The fraction of sp³-hybridized carbons (Fsp3) is 0.500. The molecule has 172 valence electrons. The van der Waals surface area contributed by atoms with Crippen molar-refractivity contribution in [2.75, 3.05) is 0 Å². The van der Waals surface area contributed by atoms with Gasteiger partial charge in [-0.05, 0) is 0 Å². The first-order valence-electron chi connectivity index (χ1n) is 6.34. The van der Waals surface area contributed by atoms with Gasteiger partial charge in [0.2, 0.25) is 0 Å². The summed E-state index contributed by atoms with van der Waals surface area (Å²) in [7, 11) is 0. The van der Waals surface area contributed by atoms with Gasteiger partial charge in [0, 0.05) is 34.1 Å². The van der Waals surface area contributed by atoms with Crippen molar-refractivity contribution in [3.63, 3.8) is 0 Å². The Hall–Kier alpha value is -2.26. The van der Waals surface area contributed by atoms with Crippen molar-refractivity contribution >= 4 is 35.8 Å². The van der Waals surface area contributed by atoms with Gasteiger partial charge in [0.1, 0.15) is 0 Å². The van der Waals surface area contributed by atoms with Crippen molar-refractivity contribution in [2.24, 2.45) is 0 Å². The molecule has 0 amide bonds. The number of hydrogen-bond acceptors (Lipinski definition) is 9. The van der Waals surface area contributed by atoms with Crippen LogP contribution in [0.1, 0.15) is 25.7 Å². The van der Waals surface area contributed by atoms with Crippen LogP contribution >= 0.6 is 0 Å². The molecule has 15 nitrogen and oxygen atoms in total. The van der Waals surface area contributed by atoms with Crippen molar-refractivity contribution in [1.82, 2.24) is 6.15 Å². The summed E-state index contributed by atoms with van der Waals surface area (Å²) >= 11 is 0. The van der Waals surface area contributed by atoms with Crippen LogP contribution in [0.25, 0.3) is 0 Å². The Bertz CT molecular complexity index is 523. The fourth-order valence-electron chi connectivity index (χ4n) is 1.43. The number of aliphatic carboxylic acids is 6. The maximum absolute atomic E-state index is 10.3. The van der Waals surface area contributed by atoms with Gasteiger partial charge < -0.3 is 47.0 Å². The Morgan fingerprint density at radius 2 is 0.621 bits per heavy atom. The van der Waals surface area contributed by atoms with Crippen molar-refractivity contribution in [3.05, 3.63) is 0 Å². The summed E-state index contributed by atoms with van der Waals surface area (Å²) in [4.78, 5) is 61.0. The molecule has 0 aromatic rings. The molecule has 11 N–H and O–H groups in total. The van der Waals surface area contributed by atoms with Crippen LogP contribution in [0.4, 0.5) is 0 Å². The monoisotopic (exact) mass is 513 g/mol. The molecule has 0 atom stereocenters. The summed E-state index contributed by atoms with van der Waals surface area (Å²) in [5.41, 5.74) is -5.48. The van der Waals surface area contributed by atoms with Gasteiger partial charge in [0.25, 0.3) is 0 Å². The van der Waals surface area contributed by atoms with Gasteiger partial charge in [-0.25, -0.2) is 9.59 Å². The van der Waals surface area contributed by atoms with Crippen LogP contribution in [0.15, 0.2) is 0 Å². The molecule has 0 heterocycles. The average molecular weight is 513 g/mol. The Kier molecular flexibility index (Phi) is 20.2. The second kappa shape index (κ2) is 15.6. The molecule has 0 aromatic carbocycles. The summed E-state index contributed by atoms with van der Waals surface area (Å²) in [6.07, 6.45) is -4.58. The molecule has 29 heavy (non-hydrogen) atoms. The minimum absolute atomic E-state index is 0. The predicted octanol–water partition coefficient (Wildman–Crippen LogP) is -2.34. The molecule has 17 heteroatoms. The van der Waals surface area contributed by atoms with Gasteiger partial charge in [-0.2, -0.15) is 0 Å². The number of hydrogen-bond donors (Lipinski definition) is 9. The van der Waals surface area contributed by atoms with E-state index in [0.29, 0.717) is 0 Å². The minimum Gasteiger partial charge on any atom is -0.481 e. The maximum atomic E-state index is 10.3. The number of carboxylic acids is 6. The van der Waals surface area contributed by atoms with Crippen LogP contribution in [0.2, 0.25) is 0 Å². The Morgan fingerprint density at radius 3 is 0.690 bits per heavy atom. The molecular formula is C12H19Fe2NO14. The first-order valence-corrected chi connectivity index (χ1v) is 6.34. The maximum Gasteiger partial charge on any atom is 0.336 e. The molecule has 0 unspecified atom stereocenters. The number of aliphatic hydroxyl groups is 2. The second-order valence-corrected chi connectivity index (χ2v) is 4.96. The summed E-state index contributed by atoms with van der Waals surface area (Å²) in [6, 6.07) is 0. The molecule has 0 aromatic heterocycles. The zero-order chi connectivity index (χ0) is 21.3. The van der Waals surface area contributed by atoms with E-state index in [4.69, 9.17) is 40.9 Å². The molecule has 0 rings (SSSR count). The first-order chi connectivity index (χ1) is 11.6. The molecule has 0 fully saturated rings. The largest absolute Gasteiger partial charge is 0.481 e. The molecule has 0 aliphatic heterocycles. The Labute approximate surface area is 182 Å². The van der Waals surface area contributed by atoms with Crippen molar-refractivity contribution in [1.29, 1.82) is 0 Å². The molecule has 0 saturated heterocycles. The van der Waals surface area contributed by atoms with Crippen LogP contribution in [0.3, 0.4) is 0 Å². The van der Waals surface area contributed by atoms with Crippen LogP contribution in [-0.2, 0) is 62.9 Å². The SMILES string of the molecule is N.O=C(O)CC(O)(CC(=O)O)C(=O)O.O=C(O)CC(O)(CC(=O)O)C(=O)O.[Fe].[Fe]. The average Bonchev–Trinajstić information content (AvgIpc) is 2.34. The topological polar surface area (TPSA) is 299 Å². The Balaban J connectivity index is -0.000000120. The normalized spacial score (nSPS) is 9.72. The molecule has 0 saturated carbocycles. The molecule has 0 bridgehead atoms. The van der Waals surface area contributed by atoms with Crippen LogP contribution in [-0.4, -0.2) is 87.9 Å². The van der Waals surface area contributed by atoms with E-state index in [9.17, 15) is 28.8 Å². The van der Waals surface area contributed by atoms with Crippen LogP contribution in [0.5, 0.6) is 0 Å². The third-order valence-corrected chi connectivity index (χ3v) is 2.57. The van der Waals surface area contributed by atoms with Gasteiger partial charge in [-0.1, -0.05) is 0 Å². The molecular weight excluding hydrogens is 494 g/mol. The van der Waals surface area contributed by atoms with Crippen molar-refractivity contribution in [3.8, 4) is 0 Å². The summed E-state index contributed by atoms with van der Waals surface area (Å²) in [6.45, 7) is 0. The van der Waals surface area contributed by atoms with Crippen molar-refractivity contribution < 1.29 is 104 Å². The van der Waals surface area contributed by atoms with Crippen molar-refractivity contribution in [2.45, 2.75) is 36.9 Å². The van der Waals surface area contributed by atoms with E-state index in [1.54, 1.807) is 0 Å². The van der Waals surface area contributed by atoms with Gasteiger partial charge in [0.05, 0.1) is 25.7 Å². The molecule has 0 spiro atoms. The molecule has 0 aliphatic rings. The smallest absolute Gasteiger partial charge is 0.336 e. The second-order valence-electron chi connectivity index (χ2n) is 4.96. The summed E-state index contributed by atoms with van der Waals surface area (Å²) in [5.74, 6) is -10.0.